The molecule has 0 bridgehead atoms. The van der Waals surface area contributed by atoms with Crippen LogP contribution >= 0.6 is 15.9 Å². The number of nitrogens with one attached hydrogen (secondary N) is 2. The number of carbonyl (C=O) groups is 1. The van der Waals surface area contributed by atoms with Gasteiger partial charge in [-0.1, -0.05) is 18.2 Å². The number of hydrogen-bond donors (Lipinski definition) is 2. The first-order valence-electron chi connectivity index (χ1n) is 6.16. The summed E-state index contributed by atoms with van der Waals surface area (Å²) in [4.78, 5) is 19.7. The summed E-state index contributed by atoms with van der Waals surface area (Å²) in [5, 5.41) is 3.80. The van der Waals surface area contributed by atoms with Crippen LogP contribution in [0, 0.1) is 6.92 Å². The Bertz CT molecular complexity index is 795. The number of halogens is 1. The van der Waals surface area contributed by atoms with Crippen molar-refractivity contribution >= 4 is 38.4 Å². The number of nitrogens with zero attached hydrogens (tertiary/aromatic N) is 1. The standard InChI is InChI=1S/C15H12BrN3O/c1-9-12(6-7-14(16)18-9)19-15(20)11-8-17-13-5-3-2-4-10(11)13/h2-8,17H,1H3,(H,19,20). The lowest BCUT2D eigenvalue weighted by molar-refractivity contribution is 0.102. The van der Waals surface area contributed by atoms with Gasteiger partial charge in [0.15, 0.2) is 0 Å². The van der Waals surface area contributed by atoms with E-state index in [0.717, 1.165) is 21.2 Å². The van der Waals surface area contributed by atoms with E-state index in [-0.39, 0.29) is 5.91 Å². The first-order chi connectivity index (χ1) is 9.65. The van der Waals surface area contributed by atoms with E-state index in [0.29, 0.717) is 11.3 Å². The van der Waals surface area contributed by atoms with Crippen LogP contribution < -0.4 is 5.32 Å². The molecule has 0 saturated carbocycles. The maximum absolute atomic E-state index is 12.4. The predicted octanol–water partition coefficient (Wildman–Crippen LogP) is 3.89. The molecule has 1 aromatic carbocycles. The van der Waals surface area contributed by atoms with Crippen molar-refractivity contribution in [3.63, 3.8) is 0 Å². The van der Waals surface area contributed by atoms with E-state index in [4.69, 9.17) is 0 Å². The molecule has 0 spiro atoms. The number of aromatic amines is 1. The number of amides is 1. The van der Waals surface area contributed by atoms with E-state index in [9.17, 15) is 4.79 Å². The Morgan fingerprint density at radius 2 is 2.05 bits per heavy atom. The molecular formula is C15H12BrN3O. The van der Waals surface area contributed by atoms with Crippen LogP contribution in [0.5, 0.6) is 0 Å². The molecule has 2 aromatic heterocycles. The highest BCUT2D eigenvalue weighted by Gasteiger charge is 2.13. The molecule has 4 nitrogen and oxygen atoms in total. The van der Waals surface area contributed by atoms with Crippen molar-refractivity contribution in [2.45, 2.75) is 6.92 Å². The number of carbonyl (C=O) groups excluding carboxylic acids is 1. The second-order valence-electron chi connectivity index (χ2n) is 4.47. The number of fused-ring (bicyclic) bond motifs is 1. The molecule has 0 aliphatic carbocycles. The van der Waals surface area contributed by atoms with E-state index in [1.165, 1.54) is 0 Å². The lowest BCUT2D eigenvalue weighted by Gasteiger charge is -2.07. The fourth-order valence-electron chi connectivity index (χ4n) is 2.11. The fourth-order valence-corrected chi connectivity index (χ4v) is 2.51. The number of hydrogen-bond acceptors (Lipinski definition) is 2. The Balaban J connectivity index is 1.93. The monoisotopic (exact) mass is 329 g/mol. The Morgan fingerprint density at radius 1 is 1.25 bits per heavy atom. The largest absolute Gasteiger partial charge is 0.360 e. The third-order valence-electron chi connectivity index (χ3n) is 3.13. The minimum Gasteiger partial charge on any atom is -0.360 e. The molecule has 100 valence electrons. The van der Waals surface area contributed by atoms with Gasteiger partial charge in [-0.2, -0.15) is 0 Å². The molecule has 5 heteroatoms. The summed E-state index contributed by atoms with van der Waals surface area (Å²) in [6, 6.07) is 11.4. The number of aryl methyl sites for hydroxylation is 1. The minimum absolute atomic E-state index is 0.144. The Labute approximate surface area is 124 Å². The summed E-state index contributed by atoms with van der Waals surface area (Å²) in [7, 11) is 0. The van der Waals surface area contributed by atoms with Gasteiger partial charge in [-0.25, -0.2) is 4.98 Å². The summed E-state index contributed by atoms with van der Waals surface area (Å²) in [5.41, 5.74) is 3.06. The lowest BCUT2D eigenvalue weighted by Crippen LogP contribution is -2.12. The quantitative estimate of drug-likeness (QED) is 0.701. The average Bonchev–Trinajstić information content (AvgIpc) is 2.86. The smallest absolute Gasteiger partial charge is 0.257 e. The summed E-state index contributed by atoms with van der Waals surface area (Å²) >= 11 is 3.30. The molecular weight excluding hydrogens is 318 g/mol. The number of benzene rings is 1. The highest BCUT2D eigenvalue weighted by molar-refractivity contribution is 9.10. The van der Waals surface area contributed by atoms with Crippen LogP contribution in [0.4, 0.5) is 5.69 Å². The Morgan fingerprint density at radius 3 is 2.85 bits per heavy atom. The summed E-state index contributed by atoms with van der Waals surface area (Å²) in [6.07, 6.45) is 1.72. The van der Waals surface area contributed by atoms with Gasteiger partial charge in [0.25, 0.3) is 5.91 Å². The van der Waals surface area contributed by atoms with Crippen LogP contribution in [0.3, 0.4) is 0 Å². The molecule has 1 amide bonds. The van der Waals surface area contributed by atoms with Crippen molar-refractivity contribution in [1.82, 2.24) is 9.97 Å². The number of H-pyrrole nitrogens is 1. The molecule has 0 atom stereocenters. The second kappa shape index (κ2) is 5.09. The maximum atomic E-state index is 12.4. The van der Waals surface area contributed by atoms with Crippen molar-refractivity contribution in [1.29, 1.82) is 0 Å². The van der Waals surface area contributed by atoms with Crippen LogP contribution in [0.15, 0.2) is 47.2 Å². The van der Waals surface area contributed by atoms with Gasteiger partial charge in [-0.3, -0.25) is 4.79 Å². The molecule has 2 N–H and O–H groups in total. The molecule has 3 aromatic rings. The normalized spacial score (nSPS) is 10.7. The van der Waals surface area contributed by atoms with Crippen LogP contribution in [-0.2, 0) is 0 Å². The summed E-state index contributed by atoms with van der Waals surface area (Å²) < 4.78 is 0.750. The first kappa shape index (κ1) is 12.9. The van der Waals surface area contributed by atoms with E-state index in [1.54, 1.807) is 12.3 Å². The van der Waals surface area contributed by atoms with Crippen LogP contribution in [0.1, 0.15) is 16.1 Å². The van der Waals surface area contributed by atoms with Crippen LogP contribution in [-0.4, -0.2) is 15.9 Å². The second-order valence-corrected chi connectivity index (χ2v) is 5.28. The third kappa shape index (κ3) is 2.32. The molecule has 0 unspecified atom stereocenters. The van der Waals surface area contributed by atoms with Gasteiger partial charge < -0.3 is 10.3 Å². The van der Waals surface area contributed by atoms with Gasteiger partial charge in [0.1, 0.15) is 4.60 Å². The maximum Gasteiger partial charge on any atom is 0.257 e. The predicted molar refractivity (Wildman–Crippen MR) is 82.9 cm³/mol. The van der Waals surface area contributed by atoms with Crippen molar-refractivity contribution in [3.05, 3.63) is 58.5 Å². The van der Waals surface area contributed by atoms with E-state index in [1.807, 2.05) is 37.3 Å². The van der Waals surface area contributed by atoms with Gasteiger partial charge in [0.05, 0.1) is 16.9 Å². The number of aromatic nitrogens is 2. The van der Waals surface area contributed by atoms with Crippen molar-refractivity contribution < 1.29 is 4.79 Å². The fraction of sp³-hybridized carbons (Fsp3) is 0.0667. The van der Waals surface area contributed by atoms with Crippen molar-refractivity contribution in [2.24, 2.45) is 0 Å². The molecule has 0 fully saturated rings. The highest BCUT2D eigenvalue weighted by atomic mass is 79.9. The van der Waals surface area contributed by atoms with Gasteiger partial charge in [0, 0.05) is 17.1 Å². The zero-order valence-corrected chi connectivity index (χ0v) is 12.4. The average molecular weight is 330 g/mol. The number of para-hydroxylation sites is 1. The summed E-state index contributed by atoms with van der Waals surface area (Å²) in [6.45, 7) is 1.86. The SMILES string of the molecule is Cc1nc(Br)ccc1NC(=O)c1c[nH]c2ccccc12. The minimum atomic E-state index is -0.144. The van der Waals surface area contributed by atoms with E-state index in [2.05, 4.69) is 31.2 Å². The van der Waals surface area contributed by atoms with Gasteiger partial charge >= 0.3 is 0 Å². The number of rotatable bonds is 2. The van der Waals surface area contributed by atoms with Gasteiger partial charge in [-0.05, 0) is 41.1 Å². The van der Waals surface area contributed by atoms with Crippen LogP contribution in [0.25, 0.3) is 10.9 Å². The first-order valence-corrected chi connectivity index (χ1v) is 6.95. The molecule has 3 rings (SSSR count). The molecule has 0 saturated heterocycles. The third-order valence-corrected chi connectivity index (χ3v) is 3.58. The van der Waals surface area contributed by atoms with E-state index >= 15 is 0 Å². The molecule has 20 heavy (non-hydrogen) atoms. The zero-order chi connectivity index (χ0) is 14.1. The van der Waals surface area contributed by atoms with Crippen LogP contribution in [0.2, 0.25) is 0 Å². The number of pyridine rings is 1. The lowest BCUT2D eigenvalue weighted by atomic mass is 10.1. The highest BCUT2D eigenvalue weighted by Crippen LogP contribution is 2.21. The summed E-state index contributed by atoms with van der Waals surface area (Å²) in [5.74, 6) is -0.144. The van der Waals surface area contributed by atoms with Gasteiger partial charge in [0.2, 0.25) is 0 Å². The topological polar surface area (TPSA) is 57.8 Å². The zero-order valence-electron chi connectivity index (χ0n) is 10.8. The molecule has 0 radical (unpaired) electrons. The van der Waals surface area contributed by atoms with E-state index < -0.39 is 0 Å². The molecule has 0 aliphatic heterocycles. The Kier molecular flexibility index (Phi) is 3.28. The number of anilines is 1. The molecule has 0 aliphatic rings. The Hall–Kier alpha value is -2.14. The molecule has 2 heterocycles. The van der Waals surface area contributed by atoms with Crippen molar-refractivity contribution in [3.8, 4) is 0 Å². The van der Waals surface area contributed by atoms with Crippen molar-refractivity contribution in [2.75, 3.05) is 5.32 Å². The van der Waals surface area contributed by atoms with Gasteiger partial charge in [-0.15, -0.1) is 0 Å².